The van der Waals surface area contributed by atoms with E-state index in [9.17, 15) is 5.11 Å². The second-order valence-corrected chi connectivity index (χ2v) is 3.49. The molecule has 0 aliphatic heterocycles. The van der Waals surface area contributed by atoms with Crippen LogP contribution in [0.2, 0.25) is 0 Å². The Bertz CT molecular complexity index is 468. The maximum absolute atomic E-state index is 9.56. The highest BCUT2D eigenvalue weighted by Crippen LogP contribution is 2.24. The molecule has 5 heteroatoms. The van der Waals surface area contributed by atoms with E-state index in [0.717, 1.165) is 19.3 Å². The van der Waals surface area contributed by atoms with Crippen molar-refractivity contribution in [2.24, 2.45) is 0 Å². The number of pyridine rings is 1. The first-order valence-electron chi connectivity index (χ1n) is 5.28. The minimum Gasteiger partial charge on any atom is -0.505 e. The topological polar surface area (TPSA) is 72.0 Å². The summed E-state index contributed by atoms with van der Waals surface area (Å²) in [6, 6.07) is 3.19. The molecule has 0 aliphatic carbocycles. The van der Waals surface area contributed by atoms with E-state index >= 15 is 0 Å². The minimum atomic E-state index is 0.0493. The van der Waals surface area contributed by atoms with Crippen molar-refractivity contribution in [3.63, 3.8) is 0 Å². The highest BCUT2D eigenvalue weighted by Gasteiger charge is 2.13. The molecule has 2 heterocycles. The highest BCUT2D eigenvalue weighted by atomic mass is 16.5. The van der Waals surface area contributed by atoms with Crippen molar-refractivity contribution in [1.29, 1.82) is 0 Å². The van der Waals surface area contributed by atoms with Gasteiger partial charge in [0, 0.05) is 12.6 Å². The highest BCUT2D eigenvalue weighted by molar-refractivity contribution is 5.55. The molecule has 2 rings (SSSR count). The number of aryl methyl sites for hydroxylation is 1. The van der Waals surface area contributed by atoms with Gasteiger partial charge in [0.1, 0.15) is 5.75 Å². The predicted octanol–water partition coefficient (Wildman–Crippen LogP) is 2.18. The molecule has 0 spiro atoms. The van der Waals surface area contributed by atoms with Gasteiger partial charge in [-0.2, -0.15) is 4.98 Å². The van der Waals surface area contributed by atoms with E-state index in [4.69, 9.17) is 4.52 Å². The fraction of sp³-hybridized carbons (Fsp3) is 0.364. The maximum atomic E-state index is 9.56. The molecule has 0 amide bonds. The molecule has 1 N–H and O–H groups in total. The van der Waals surface area contributed by atoms with Gasteiger partial charge in [-0.25, -0.2) is 4.98 Å². The Morgan fingerprint density at radius 2 is 2.31 bits per heavy atom. The monoisotopic (exact) mass is 219 g/mol. The van der Waals surface area contributed by atoms with E-state index in [0.29, 0.717) is 11.5 Å². The summed E-state index contributed by atoms with van der Waals surface area (Å²) >= 11 is 0. The van der Waals surface area contributed by atoms with Crippen molar-refractivity contribution in [3.8, 4) is 17.3 Å². The summed E-state index contributed by atoms with van der Waals surface area (Å²) in [6.07, 6.45) is 4.46. The van der Waals surface area contributed by atoms with Gasteiger partial charge in [-0.3, -0.25) is 0 Å². The molecule has 0 bridgehead atoms. The van der Waals surface area contributed by atoms with Crippen LogP contribution < -0.4 is 0 Å². The van der Waals surface area contributed by atoms with Gasteiger partial charge < -0.3 is 9.63 Å². The summed E-state index contributed by atoms with van der Waals surface area (Å²) in [5.74, 6) is 0.972. The lowest BCUT2D eigenvalue weighted by molar-refractivity contribution is 0.414. The van der Waals surface area contributed by atoms with Gasteiger partial charge in [0.2, 0.25) is 0 Å². The second-order valence-electron chi connectivity index (χ2n) is 3.49. The van der Waals surface area contributed by atoms with Crippen molar-refractivity contribution in [2.75, 3.05) is 0 Å². The summed E-state index contributed by atoms with van der Waals surface area (Å²) in [7, 11) is 0. The zero-order valence-electron chi connectivity index (χ0n) is 9.05. The van der Waals surface area contributed by atoms with Gasteiger partial charge in [0.15, 0.2) is 11.5 Å². The fourth-order valence-electron chi connectivity index (χ4n) is 1.35. The van der Waals surface area contributed by atoms with Gasteiger partial charge in [0.05, 0.1) is 0 Å². The normalized spacial score (nSPS) is 10.6. The summed E-state index contributed by atoms with van der Waals surface area (Å²) in [6.45, 7) is 2.10. The molecule has 2 aromatic rings. The molecule has 0 atom stereocenters. The van der Waals surface area contributed by atoms with Gasteiger partial charge in [0.25, 0.3) is 5.89 Å². The molecule has 0 aliphatic rings. The smallest absolute Gasteiger partial charge is 0.280 e. The average molecular weight is 219 g/mol. The molecular formula is C11H13N3O2. The Morgan fingerprint density at radius 1 is 1.44 bits per heavy atom. The second kappa shape index (κ2) is 4.74. The molecule has 0 radical (unpaired) electrons. The summed E-state index contributed by atoms with van der Waals surface area (Å²) < 4.78 is 5.04. The Balaban J connectivity index is 2.22. The van der Waals surface area contributed by atoms with Crippen LogP contribution in [0.25, 0.3) is 11.6 Å². The van der Waals surface area contributed by atoms with Crippen LogP contribution in [0.15, 0.2) is 22.9 Å². The number of rotatable bonds is 4. The summed E-state index contributed by atoms with van der Waals surface area (Å²) in [5, 5.41) is 13.4. The van der Waals surface area contributed by atoms with Crippen LogP contribution in [0.3, 0.4) is 0 Å². The summed E-state index contributed by atoms with van der Waals surface area (Å²) in [4.78, 5) is 8.17. The molecule has 5 nitrogen and oxygen atoms in total. The van der Waals surface area contributed by atoms with E-state index in [1.54, 1.807) is 12.3 Å². The van der Waals surface area contributed by atoms with E-state index in [2.05, 4.69) is 22.0 Å². The molecule has 0 saturated heterocycles. The number of aromatic hydroxyl groups is 1. The molecule has 0 fully saturated rings. The Labute approximate surface area is 93.1 Å². The number of aromatic nitrogens is 3. The van der Waals surface area contributed by atoms with Gasteiger partial charge >= 0.3 is 0 Å². The van der Waals surface area contributed by atoms with Crippen molar-refractivity contribution < 1.29 is 9.63 Å². The van der Waals surface area contributed by atoms with Crippen LogP contribution in [0.5, 0.6) is 5.75 Å². The molecule has 0 aromatic carbocycles. The van der Waals surface area contributed by atoms with Crippen LogP contribution >= 0.6 is 0 Å². The number of hydrogen-bond acceptors (Lipinski definition) is 5. The molecule has 0 unspecified atom stereocenters. The lowest BCUT2D eigenvalue weighted by Crippen LogP contribution is -1.88. The van der Waals surface area contributed by atoms with Crippen LogP contribution in [0, 0.1) is 0 Å². The SMILES string of the molecule is CCCCc1noc(-c2ncccc2O)n1. The zero-order chi connectivity index (χ0) is 11.4. The third kappa shape index (κ3) is 2.18. The van der Waals surface area contributed by atoms with Crippen LogP contribution in [-0.2, 0) is 6.42 Å². The predicted molar refractivity (Wildman–Crippen MR) is 57.8 cm³/mol. The third-order valence-corrected chi connectivity index (χ3v) is 2.21. The van der Waals surface area contributed by atoms with Crippen molar-refractivity contribution >= 4 is 0 Å². The zero-order valence-corrected chi connectivity index (χ0v) is 9.05. The number of nitrogens with zero attached hydrogens (tertiary/aromatic N) is 3. The van der Waals surface area contributed by atoms with Gasteiger partial charge in [-0.1, -0.05) is 18.5 Å². The van der Waals surface area contributed by atoms with Crippen LogP contribution in [0.1, 0.15) is 25.6 Å². The first kappa shape index (κ1) is 10.6. The van der Waals surface area contributed by atoms with Crippen molar-refractivity contribution in [1.82, 2.24) is 15.1 Å². The first-order chi connectivity index (χ1) is 7.81. The van der Waals surface area contributed by atoms with Crippen molar-refractivity contribution in [3.05, 3.63) is 24.2 Å². The largest absolute Gasteiger partial charge is 0.505 e. The van der Waals surface area contributed by atoms with E-state index in [1.807, 2.05) is 0 Å². The van der Waals surface area contributed by atoms with E-state index in [-0.39, 0.29) is 11.6 Å². The maximum Gasteiger partial charge on any atom is 0.280 e. The number of hydrogen-bond donors (Lipinski definition) is 1. The van der Waals surface area contributed by atoms with Gasteiger partial charge in [-0.05, 0) is 18.6 Å². The Kier molecular flexibility index (Phi) is 3.14. The van der Waals surface area contributed by atoms with E-state index in [1.165, 1.54) is 6.07 Å². The first-order valence-corrected chi connectivity index (χ1v) is 5.28. The molecule has 2 aromatic heterocycles. The number of unbranched alkanes of at least 4 members (excludes halogenated alkanes) is 1. The van der Waals surface area contributed by atoms with Crippen molar-refractivity contribution in [2.45, 2.75) is 26.2 Å². The molecule has 0 saturated carbocycles. The molecule has 84 valence electrons. The lowest BCUT2D eigenvalue weighted by atomic mass is 10.2. The Morgan fingerprint density at radius 3 is 3.06 bits per heavy atom. The lowest BCUT2D eigenvalue weighted by Gasteiger charge is -1.95. The van der Waals surface area contributed by atoms with Crippen LogP contribution in [-0.4, -0.2) is 20.2 Å². The molecular weight excluding hydrogens is 206 g/mol. The summed E-state index contributed by atoms with van der Waals surface area (Å²) in [5.41, 5.74) is 0.331. The Hall–Kier alpha value is -1.91. The average Bonchev–Trinajstić information content (AvgIpc) is 2.75. The van der Waals surface area contributed by atoms with Gasteiger partial charge in [-0.15, -0.1) is 0 Å². The molecule has 16 heavy (non-hydrogen) atoms. The van der Waals surface area contributed by atoms with Crippen LogP contribution in [0.4, 0.5) is 0 Å². The van der Waals surface area contributed by atoms with E-state index < -0.39 is 0 Å². The standard InChI is InChI=1S/C11H13N3O2/c1-2-3-6-9-13-11(16-14-9)10-8(15)5-4-7-12-10/h4-5,7,15H,2-3,6H2,1H3. The fourth-order valence-corrected chi connectivity index (χ4v) is 1.35. The third-order valence-electron chi connectivity index (χ3n) is 2.21. The quantitative estimate of drug-likeness (QED) is 0.853. The minimum absolute atomic E-state index is 0.0493.